The summed E-state index contributed by atoms with van der Waals surface area (Å²) in [6.07, 6.45) is 5.22. The number of hydrogen-bond acceptors (Lipinski definition) is 1. The second-order valence-corrected chi connectivity index (χ2v) is 6.13. The third kappa shape index (κ3) is 3.13. The van der Waals surface area contributed by atoms with Crippen molar-refractivity contribution in [2.45, 2.75) is 44.5 Å². The van der Waals surface area contributed by atoms with Crippen LogP contribution in [0.4, 0.5) is 5.69 Å². The summed E-state index contributed by atoms with van der Waals surface area (Å²) in [7, 11) is 2.18. The van der Waals surface area contributed by atoms with E-state index in [4.69, 9.17) is 23.2 Å². The third-order valence-electron chi connectivity index (χ3n) is 4.10. The highest BCUT2D eigenvalue weighted by Crippen LogP contribution is 2.32. The maximum absolute atomic E-state index is 6.03. The Balaban J connectivity index is 2.15. The SMILES string of the molecule is CC1CCC(N(C)c2ccc(Cl)cc2CCl)CC1. The van der Waals surface area contributed by atoms with Gasteiger partial charge in [-0.1, -0.05) is 18.5 Å². The van der Waals surface area contributed by atoms with Crippen LogP contribution in [-0.2, 0) is 5.88 Å². The van der Waals surface area contributed by atoms with Gasteiger partial charge in [-0.25, -0.2) is 0 Å². The van der Waals surface area contributed by atoms with Gasteiger partial charge in [-0.15, -0.1) is 11.6 Å². The normalized spacial score (nSPS) is 24.0. The Labute approximate surface area is 120 Å². The molecule has 2 rings (SSSR count). The molecule has 0 amide bonds. The number of alkyl halides is 1. The molecule has 3 heteroatoms. The van der Waals surface area contributed by atoms with Crippen LogP contribution in [0.2, 0.25) is 5.02 Å². The van der Waals surface area contributed by atoms with Gasteiger partial charge in [0.2, 0.25) is 0 Å². The summed E-state index contributed by atoms with van der Waals surface area (Å²) >= 11 is 12.1. The van der Waals surface area contributed by atoms with E-state index in [0.29, 0.717) is 11.9 Å². The Kier molecular flexibility index (Phi) is 4.80. The quantitative estimate of drug-likeness (QED) is 0.699. The molecular weight excluding hydrogens is 265 g/mol. The van der Waals surface area contributed by atoms with E-state index in [-0.39, 0.29) is 0 Å². The Hall–Kier alpha value is -0.400. The molecule has 0 atom stereocenters. The van der Waals surface area contributed by atoms with Crippen molar-refractivity contribution in [3.8, 4) is 0 Å². The monoisotopic (exact) mass is 285 g/mol. The fourth-order valence-electron chi connectivity index (χ4n) is 2.83. The van der Waals surface area contributed by atoms with Gasteiger partial charge in [-0.2, -0.15) is 0 Å². The first-order valence-electron chi connectivity index (χ1n) is 6.69. The van der Waals surface area contributed by atoms with Gasteiger partial charge in [0.15, 0.2) is 0 Å². The van der Waals surface area contributed by atoms with Crippen LogP contribution in [-0.4, -0.2) is 13.1 Å². The minimum atomic E-state index is 0.517. The molecule has 1 aromatic rings. The van der Waals surface area contributed by atoms with Crippen molar-refractivity contribution in [1.82, 2.24) is 0 Å². The van der Waals surface area contributed by atoms with Crippen molar-refractivity contribution in [3.05, 3.63) is 28.8 Å². The van der Waals surface area contributed by atoms with Crippen LogP contribution in [0.1, 0.15) is 38.2 Å². The lowest BCUT2D eigenvalue weighted by atomic mass is 9.86. The number of halogens is 2. The zero-order valence-corrected chi connectivity index (χ0v) is 12.6. The van der Waals surface area contributed by atoms with E-state index in [1.807, 2.05) is 12.1 Å². The molecule has 18 heavy (non-hydrogen) atoms. The van der Waals surface area contributed by atoms with Crippen molar-refractivity contribution < 1.29 is 0 Å². The minimum absolute atomic E-state index is 0.517. The van der Waals surface area contributed by atoms with Gasteiger partial charge >= 0.3 is 0 Å². The highest BCUT2D eigenvalue weighted by molar-refractivity contribution is 6.30. The van der Waals surface area contributed by atoms with Gasteiger partial charge in [-0.3, -0.25) is 0 Å². The van der Waals surface area contributed by atoms with Crippen molar-refractivity contribution in [3.63, 3.8) is 0 Å². The molecule has 0 aliphatic heterocycles. The van der Waals surface area contributed by atoms with E-state index in [1.165, 1.54) is 31.4 Å². The van der Waals surface area contributed by atoms with Gasteiger partial charge in [0.1, 0.15) is 0 Å². The van der Waals surface area contributed by atoms with E-state index in [0.717, 1.165) is 16.5 Å². The van der Waals surface area contributed by atoms with Gasteiger partial charge in [0, 0.05) is 29.7 Å². The molecular formula is C15H21Cl2N. The van der Waals surface area contributed by atoms with Crippen molar-refractivity contribution in [2.75, 3.05) is 11.9 Å². The van der Waals surface area contributed by atoms with Crippen molar-refractivity contribution in [2.24, 2.45) is 5.92 Å². The lowest BCUT2D eigenvalue weighted by molar-refractivity contribution is 0.340. The predicted octanol–water partition coefficient (Wildman–Crippen LogP) is 5.09. The van der Waals surface area contributed by atoms with Gasteiger partial charge in [0.05, 0.1) is 0 Å². The van der Waals surface area contributed by atoms with Crippen LogP contribution in [0.25, 0.3) is 0 Å². The summed E-state index contributed by atoms with van der Waals surface area (Å²) in [6.45, 7) is 2.35. The first kappa shape index (κ1) is 14.0. The molecule has 1 aliphatic carbocycles. The Morgan fingerprint density at radius 1 is 1.22 bits per heavy atom. The maximum atomic E-state index is 6.03. The van der Waals surface area contributed by atoms with Crippen molar-refractivity contribution >= 4 is 28.9 Å². The number of rotatable bonds is 3. The fourth-order valence-corrected chi connectivity index (χ4v) is 3.24. The number of hydrogen-bond donors (Lipinski definition) is 0. The largest absolute Gasteiger partial charge is 0.371 e. The zero-order valence-electron chi connectivity index (χ0n) is 11.1. The molecule has 1 nitrogen and oxygen atoms in total. The first-order valence-corrected chi connectivity index (χ1v) is 7.60. The summed E-state index contributed by atoms with van der Waals surface area (Å²) in [5.74, 6) is 1.40. The molecule has 0 bridgehead atoms. The summed E-state index contributed by atoms with van der Waals surface area (Å²) in [5.41, 5.74) is 2.36. The fraction of sp³-hybridized carbons (Fsp3) is 0.600. The Morgan fingerprint density at radius 2 is 1.89 bits per heavy atom. The molecule has 1 saturated carbocycles. The molecule has 0 radical (unpaired) electrons. The van der Waals surface area contributed by atoms with Crippen LogP contribution in [0.15, 0.2) is 18.2 Å². The van der Waals surface area contributed by atoms with Crippen LogP contribution in [0, 0.1) is 5.92 Å². The first-order chi connectivity index (χ1) is 8.61. The molecule has 0 unspecified atom stereocenters. The molecule has 1 fully saturated rings. The number of nitrogens with zero attached hydrogens (tertiary/aromatic N) is 1. The van der Waals surface area contributed by atoms with E-state index < -0.39 is 0 Å². The summed E-state index contributed by atoms with van der Waals surface area (Å²) < 4.78 is 0. The Bertz CT molecular complexity index is 397. The summed E-state index contributed by atoms with van der Waals surface area (Å²) in [6, 6.07) is 6.67. The molecule has 0 aromatic heterocycles. The Morgan fingerprint density at radius 3 is 2.50 bits per heavy atom. The molecule has 0 spiro atoms. The van der Waals surface area contributed by atoms with Gasteiger partial charge in [0.25, 0.3) is 0 Å². The molecule has 1 aromatic carbocycles. The second-order valence-electron chi connectivity index (χ2n) is 5.43. The van der Waals surface area contributed by atoms with E-state index in [2.05, 4.69) is 24.9 Å². The summed E-state index contributed by atoms with van der Waals surface area (Å²) in [5, 5.41) is 0.764. The lowest BCUT2D eigenvalue weighted by Crippen LogP contribution is -2.35. The molecule has 0 N–H and O–H groups in total. The smallest absolute Gasteiger partial charge is 0.0495 e. The van der Waals surface area contributed by atoms with Crippen molar-refractivity contribution in [1.29, 1.82) is 0 Å². The topological polar surface area (TPSA) is 3.24 Å². The van der Waals surface area contributed by atoms with Gasteiger partial charge < -0.3 is 4.90 Å². The average Bonchev–Trinajstić information content (AvgIpc) is 2.38. The van der Waals surface area contributed by atoms with E-state index in [9.17, 15) is 0 Å². The highest BCUT2D eigenvalue weighted by Gasteiger charge is 2.23. The molecule has 0 heterocycles. The second kappa shape index (κ2) is 6.16. The highest BCUT2D eigenvalue weighted by atomic mass is 35.5. The van der Waals surface area contributed by atoms with Crippen LogP contribution >= 0.6 is 23.2 Å². The van der Waals surface area contributed by atoms with Crippen LogP contribution in [0.3, 0.4) is 0 Å². The predicted molar refractivity (Wildman–Crippen MR) is 80.8 cm³/mol. The standard InChI is InChI=1S/C15H21Cl2N/c1-11-3-6-14(7-4-11)18(2)15-8-5-13(17)9-12(15)10-16/h5,8-9,11,14H,3-4,6-7,10H2,1-2H3. The van der Waals surface area contributed by atoms with Crippen LogP contribution < -0.4 is 4.90 Å². The maximum Gasteiger partial charge on any atom is 0.0495 e. The van der Waals surface area contributed by atoms with Gasteiger partial charge in [-0.05, 0) is 55.4 Å². The van der Waals surface area contributed by atoms with Crippen LogP contribution in [0.5, 0.6) is 0 Å². The average molecular weight is 286 g/mol. The van der Waals surface area contributed by atoms with E-state index in [1.54, 1.807) is 0 Å². The molecule has 100 valence electrons. The molecule has 1 aliphatic rings. The number of anilines is 1. The zero-order chi connectivity index (χ0) is 13.1. The molecule has 0 saturated heterocycles. The minimum Gasteiger partial charge on any atom is -0.371 e. The van der Waals surface area contributed by atoms with E-state index >= 15 is 0 Å². The third-order valence-corrected chi connectivity index (χ3v) is 4.62. The number of benzene rings is 1. The summed E-state index contributed by atoms with van der Waals surface area (Å²) in [4.78, 5) is 2.39. The lowest BCUT2D eigenvalue weighted by Gasteiger charge is -2.36.